The minimum atomic E-state index is -2.88. The van der Waals surface area contributed by atoms with E-state index in [4.69, 9.17) is 5.73 Å². The number of nitrogens with one attached hydrogen (secondary N) is 1. The molecule has 1 aliphatic heterocycles. The molecule has 1 amide bonds. The van der Waals surface area contributed by atoms with E-state index in [1.807, 2.05) is 6.92 Å². The molecule has 6 heteroatoms. The zero-order valence-electron chi connectivity index (χ0n) is 8.25. The van der Waals surface area contributed by atoms with Gasteiger partial charge >= 0.3 is 0 Å². The number of hydrogen-bond donors (Lipinski definition) is 2. The van der Waals surface area contributed by atoms with Crippen molar-refractivity contribution < 1.29 is 13.2 Å². The maximum atomic E-state index is 11.2. The average molecular weight is 220 g/mol. The standard InChI is InChI=1S/C8H16N2O3S/c1-8(10-4-2-7(9)11)3-5-14(12,13)6-8/h10H,2-6H2,1H3,(H2,9,11). The Balaban J connectivity index is 2.41. The summed E-state index contributed by atoms with van der Waals surface area (Å²) in [7, 11) is -2.88. The fourth-order valence-electron chi connectivity index (χ4n) is 1.64. The topological polar surface area (TPSA) is 89.3 Å². The molecule has 0 aromatic heterocycles. The molecule has 0 saturated carbocycles. The third kappa shape index (κ3) is 3.26. The lowest BCUT2D eigenvalue weighted by Crippen LogP contribution is -2.44. The Morgan fingerprint density at radius 3 is 2.64 bits per heavy atom. The van der Waals surface area contributed by atoms with Crippen LogP contribution in [0.25, 0.3) is 0 Å². The zero-order chi connectivity index (χ0) is 10.8. The van der Waals surface area contributed by atoms with E-state index in [2.05, 4.69) is 5.32 Å². The highest BCUT2D eigenvalue weighted by Crippen LogP contribution is 2.22. The first kappa shape index (κ1) is 11.5. The third-order valence-corrected chi connectivity index (χ3v) is 4.33. The van der Waals surface area contributed by atoms with Gasteiger partial charge in [-0.25, -0.2) is 8.42 Å². The predicted molar refractivity (Wildman–Crippen MR) is 53.5 cm³/mol. The van der Waals surface area contributed by atoms with Gasteiger partial charge in [-0.3, -0.25) is 4.79 Å². The summed E-state index contributed by atoms with van der Waals surface area (Å²) in [5.74, 6) is 0.00760. The fourth-order valence-corrected chi connectivity index (χ4v) is 3.76. The second-order valence-electron chi connectivity index (χ2n) is 4.05. The lowest BCUT2D eigenvalue weighted by Gasteiger charge is -2.23. The Kier molecular flexibility index (Phi) is 3.16. The Morgan fingerprint density at radius 1 is 1.57 bits per heavy atom. The summed E-state index contributed by atoms with van der Waals surface area (Å²) in [6, 6.07) is 0. The Labute approximate surface area is 84.0 Å². The van der Waals surface area contributed by atoms with E-state index in [0.29, 0.717) is 13.0 Å². The quantitative estimate of drug-likeness (QED) is 0.638. The van der Waals surface area contributed by atoms with E-state index in [1.165, 1.54) is 0 Å². The molecule has 14 heavy (non-hydrogen) atoms. The van der Waals surface area contributed by atoms with Crippen molar-refractivity contribution in [2.75, 3.05) is 18.1 Å². The van der Waals surface area contributed by atoms with Crippen molar-refractivity contribution in [3.8, 4) is 0 Å². The molecule has 0 radical (unpaired) electrons. The van der Waals surface area contributed by atoms with E-state index in [-0.39, 0.29) is 29.4 Å². The van der Waals surface area contributed by atoms with E-state index in [0.717, 1.165) is 0 Å². The van der Waals surface area contributed by atoms with Gasteiger partial charge in [0.05, 0.1) is 11.5 Å². The van der Waals surface area contributed by atoms with Crippen molar-refractivity contribution in [1.82, 2.24) is 5.32 Å². The van der Waals surface area contributed by atoms with Gasteiger partial charge in [0.25, 0.3) is 0 Å². The van der Waals surface area contributed by atoms with Crippen molar-refractivity contribution in [1.29, 1.82) is 0 Å². The van der Waals surface area contributed by atoms with Gasteiger partial charge in [-0.1, -0.05) is 0 Å². The van der Waals surface area contributed by atoms with Gasteiger partial charge in [0.15, 0.2) is 9.84 Å². The molecule has 1 rings (SSSR count). The molecule has 1 atom stereocenters. The fraction of sp³-hybridized carbons (Fsp3) is 0.875. The van der Waals surface area contributed by atoms with Crippen LogP contribution in [0.2, 0.25) is 0 Å². The maximum absolute atomic E-state index is 11.2. The van der Waals surface area contributed by atoms with Crippen LogP contribution in [0.15, 0.2) is 0 Å². The molecule has 1 saturated heterocycles. The molecule has 3 N–H and O–H groups in total. The first-order valence-corrected chi connectivity index (χ1v) is 6.39. The first-order valence-electron chi connectivity index (χ1n) is 4.57. The number of primary amides is 1. The van der Waals surface area contributed by atoms with Gasteiger partial charge in [-0.15, -0.1) is 0 Å². The summed E-state index contributed by atoms with van der Waals surface area (Å²) in [6.45, 7) is 2.31. The van der Waals surface area contributed by atoms with Crippen molar-refractivity contribution >= 4 is 15.7 Å². The van der Waals surface area contributed by atoms with Crippen molar-refractivity contribution in [2.24, 2.45) is 5.73 Å². The number of amides is 1. The molecular weight excluding hydrogens is 204 g/mol. The predicted octanol–water partition coefficient (Wildman–Crippen LogP) is -0.971. The molecule has 1 aliphatic rings. The van der Waals surface area contributed by atoms with Gasteiger partial charge < -0.3 is 11.1 Å². The minimum absolute atomic E-state index is 0.152. The van der Waals surface area contributed by atoms with E-state index < -0.39 is 9.84 Å². The van der Waals surface area contributed by atoms with Crippen LogP contribution in [0.3, 0.4) is 0 Å². The highest BCUT2D eigenvalue weighted by atomic mass is 32.2. The normalized spacial score (nSPS) is 30.4. The van der Waals surface area contributed by atoms with Crippen LogP contribution in [0.4, 0.5) is 0 Å². The van der Waals surface area contributed by atoms with E-state index >= 15 is 0 Å². The number of nitrogens with two attached hydrogens (primary N) is 1. The van der Waals surface area contributed by atoms with Crippen LogP contribution in [0, 0.1) is 0 Å². The molecule has 0 bridgehead atoms. The molecule has 0 aromatic rings. The number of carbonyl (C=O) groups excluding carboxylic acids is 1. The largest absolute Gasteiger partial charge is 0.370 e. The first-order chi connectivity index (χ1) is 6.33. The smallest absolute Gasteiger partial charge is 0.218 e. The van der Waals surface area contributed by atoms with Gasteiger partial charge in [0.2, 0.25) is 5.91 Å². The lowest BCUT2D eigenvalue weighted by atomic mass is 10.0. The highest BCUT2D eigenvalue weighted by Gasteiger charge is 2.37. The number of carbonyl (C=O) groups is 1. The van der Waals surface area contributed by atoms with Crippen LogP contribution < -0.4 is 11.1 Å². The van der Waals surface area contributed by atoms with E-state index in [9.17, 15) is 13.2 Å². The van der Waals surface area contributed by atoms with Crippen LogP contribution in [-0.4, -0.2) is 37.9 Å². The summed E-state index contributed by atoms with van der Waals surface area (Å²) >= 11 is 0. The van der Waals surface area contributed by atoms with Gasteiger partial charge in [0, 0.05) is 18.5 Å². The maximum Gasteiger partial charge on any atom is 0.218 e. The number of hydrogen-bond acceptors (Lipinski definition) is 4. The molecule has 0 aromatic carbocycles. The SMILES string of the molecule is CC1(NCCC(N)=O)CCS(=O)(=O)C1. The lowest BCUT2D eigenvalue weighted by molar-refractivity contribution is -0.117. The van der Waals surface area contributed by atoms with Crippen LogP contribution in [0.1, 0.15) is 19.8 Å². The summed E-state index contributed by atoms with van der Waals surface area (Å²) < 4.78 is 22.4. The monoisotopic (exact) mass is 220 g/mol. The van der Waals surface area contributed by atoms with Crippen LogP contribution >= 0.6 is 0 Å². The van der Waals surface area contributed by atoms with Crippen molar-refractivity contribution in [2.45, 2.75) is 25.3 Å². The van der Waals surface area contributed by atoms with Crippen molar-refractivity contribution in [3.63, 3.8) is 0 Å². The number of sulfone groups is 1. The molecule has 1 heterocycles. The minimum Gasteiger partial charge on any atom is -0.370 e. The van der Waals surface area contributed by atoms with E-state index in [1.54, 1.807) is 0 Å². The van der Waals surface area contributed by atoms with Crippen LogP contribution in [0.5, 0.6) is 0 Å². The Bertz CT molecular complexity index is 325. The summed E-state index contributed by atoms with van der Waals surface area (Å²) in [4.78, 5) is 10.5. The highest BCUT2D eigenvalue weighted by molar-refractivity contribution is 7.91. The van der Waals surface area contributed by atoms with Gasteiger partial charge in [-0.05, 0) is 13.3 Å². The molecule has 1 unspecified atom stereocenters. The second kappa shape index (κ2) is 3.86. The Hall–Kier alpha value is -0.620. The molecule has 0 spiro atoms. The molecule has 1 fully saturated rings. The second-order valence-corrected chi connectivity index (χ2v) is 6.23. The van der Waals surface area contributed by atoms with Gasteiger partial charge in [-0.2, -0.15) is 0 Å². The third-order valence-electron chi connectivity index (χ3n) is 2.43. The van der Waals surface area contributed by atoms with Gasteiger partial charge in [0.1, 0.15) is 0 Å². The Morgan fingerprint density at radius 2 is 2.21 bits per heavy atom. The summed E-state index contributed by atoms with van der Waals surface area (Å²) in [5.41, 5.74) is 4.60. The molecule has 0 aliphatic carbocycles. The van der Waals surface area contributed by atoms with Crippen molar-refractivity contribution in [3.05, 3.63) is 0 Å². The molecule has 5 nitrogen and oxygen atoms in total. The average Bonchev–Trinajstić information content (AvgIpc) is 2.25. The van der Waals surface area contributed by atoms with Crippen LogP contribution in [-0.2, 0) is 14.6 Å². The zero-order valence-corrected chi connectivity index (χ0v) is 9.06. The molecule has 82 valence electrons. The summed E-state index contributed by atoms with van der Waals surface area (Å²) in [6.07, 6.45) is 0.851. The molecular formula is C8H16N2O3S. The number of rotatable bonds is 4. The summed E-state index contributed by atoms with van der Waals surface area (Å²) in [5, 5.41) is 3.06.